The van der Waals surface area contributed by atoms with Gasteiger partial charge in [-0.2, -0.15) is 0 Å². The van der Waals surface area contributed by atoms with E-state index in [9.17, 15) is 9.59 Å². The lowest BCUT2D eigenvalue weighted by molar-refractivity contribution is -0.141. The van der Waals surface area contributed by atoms with Crippen molar-refractivity contribution in [2.45, 2.75) is 0 Å². The highest BCUT2D eigenvalue weighted by Crippen LogP contribution is 2.27. The lowest BCUT2D eigenvalue weighted by atomic mass is 10.3. The Morgan fingerprint density at radius 2 is 2.06 bits per heavy atom. The van der Waals surface area contributed by atoms with Crippen LogP contribution in [0.15, 0.2) is 18.2 Å². The van der Waals surface area contributed by atoms with Gasteiger partial charge in [0, 0.05) is 7.05 Å². The summed E-state index contributed by atoms with van der Waals surface area (Å²) in [6, 6.07) is 4.74. The zero-order chi connectivity index (χ0) is 13.0. The smallest absolute Gasteiger partial charge is 0.325 e. The summed E-state index contributed by atoms with van der Waals surface area (Å²) in [5.41, 5.74) is 0.563. The molecule has 1 N–H and O–H groups in total. The Morgan fingerprint density at radius 3 is 2.53 bits per heavy atom. The summed E-state index contributed by atoms with van der Waals surface area (Å²) in [6.45, 7) is -0.430. The number of hydrogen-bond donors (Lipinski definition) is 1. The summed E-state index contributed by atoms with van der Waals surface area (Å²) in [4.78, 5) is 21.3. The summed E-state index contributed by atoms with van der Waals surface area (Å²) < 4.78 is 0. The van der Waals surface area contributed by atoms with Crippen molar-refractivity contribution in [3.05, 3.63) is 28.2 Å². The van der Waals surface area contributed by atoms with Crippen molar-refractivity contribution < 1.29 is 14.7 Å². The topological polar surface area (TPSA) is 60.9 Å². The summed E-state index contributed by atoms with van der Waals surface area (Å²) in [6.07, 6.45) is 0.427. The van der Waals surface area contributed by atoms with Crippen LogP contribution in [0.2, 0.25) is 10.0 Å². The van der Waals surface area contributed by atoms with E-state index in [1.807, 2.05) is 0 Å². The predicted octanol–water partition coefficient (Wildman–Crippen LogP) is 1.89. The molecule has 0 fully saturated rings. The number of aliphatic carboxylic acids is 1. The number of carbonyl (C=O) groups is 2. The molecule has 1 aromatic rings. The first kappa shape index (κ1) is 13.6. The standard InChI is InChI=1S/C10H10Cl2N2O3/c1-13(14(6-15)5-10(16)17)7-2-3-8(11)9(12)4-7/h2-4,6H,5H2,1H3,(H,16,17). The van der Waals surface area contributed by atoms with Crippen LogP contribution < -0.4 is 5.01 Å². The van der Waals surface area contributed by atoms with Gasteiger partial charge in [0.05, 0.1) is 15.7 Å². The molecular weight excluding hydrogens is 267 g/mol. The first-order valence-electron chi connectivity index (χ1n) is 4.58. The lowest BCUT2D eigenvalue weighted by Crippen LogP contribution is -2.42. The molecule has 0 radical (unpaired) electrons. The third-order valence-corrected chi connectivity index (χ3v) is 2.82. The molecule has 0 saturated carbocycles. The molecule has 0 saturated heterocycles. The van der Waals surface area contributed by atoms with Gasteiger partial charge < -0.3 is 5.11 Å². The number of carboxylic acids is 1. The van der Waals surface area contributed by atoms with E-state index in [4.69, 9.17) is 28.3 Å². The summed E-state index contributed by atoms with van der Waals surface area (Å²) >= 11 is 11.6. The van der Waals surface area contributed by atoms with Crippen molar-refractivity contribution in [1.29, 1.82) is 0 Å². The van der Waals surface area contributed by atoms with E-state index in [2.05, 4.69) is 0 Å². The van der Waals surface area contributed by atoms with E-state index in [1.165, 1.54) is 5.01 Å². The molecule has 5 nitrogen and oxygen atoms in total. The molecule has 0 aliphatic heterocycles. The molecule has 7 heteroatoms. The quantitative estimate of drug-likeness (QED) is 0.659. The number of benzene rings is 1. The molecule has 0 spiro atoms. The molecule has 0 aliphatic rings. The van der Waals surface area contributed by atoms with E-state index >= 15 is 0 Å². The Labute approximate surface area is 108 Å². The number of hydrogen-bond acceptors (Lipinski definition) is 3. The highest BCUT2D eigenvalue weighted by atomic mass is 35.5. The Hall–Kier alpha value is -1.46. The van der Waals surface area contributed by atoms with Crippen LogP contribution in [0.3, 0.4) is 0 Å². The fraction of sp³-hybridized carbons (Fsp3) is 0.200. The monoisotopic (exact) mass is 276 g/mol. The normalized spacial score (nSPS) is 9.82. The zero-order valence-corrected chi connectivity index (χ0v) is 10.4. The molecular formula is C10H10Cl2N2O3. The lowest BCUT2D eigenvalue weighted by Gasteiger charge is -2.28. The maximum atomic E-state index is 10.8. The minimum Gasteiger partial charge on any atom is -0.480 e. The van der Waals surface area contributed by atoms with Crippen molar-refractivity contribution in [3.8, 4) is 0 Å². The Balaban J connectivity index is 2.93. The van der Waals surface area contributed by atoms with Gasteiger partial charge in [0.1, 0.15) is 6.54 Å². The van der Waals surface area contributed by atoms with E-state index in [1.54, 1.807) is 25.2 Å². The SMILES string of the molecule is CN(c1ccc(Cl)c(Cl)c1)N(C=O)CC(=O)O. The number of halogens is 2. The minimum atomic E-state index is -1.11. The molecule has 0 heterocycles. The predicted molar refractivity (Wildman–Crippen MR) is 65.3 cm³/mol. The molecule has 1 rings (SSSR count). The van der Waals surface area contributed by atoms with Gasteiger partial charge >= 0.3 is 5.97 Å². The van der Waals surface area contributed by atoms with Crippen LogP contribution in [-0.2, 0) is 9.59 Å². The number of anilines is 1. The number of carbonyl (C=O) groups excluding carboxylic acids is 1. The number of carboxylic acid groups (broad SMARTS) is 1. The maximum absolute atomic E-state index is 10.8. The highest BCUT2D eigenvalue weighted by Gasteiger charge is 2.14. The zero-order valence-electron chi connectivity index (χ0n) is 8.93. The average molecular weight is 277 g/mol. The fourth-order valence-corrected chi connectivity index (χ4v) is 1.48. The fourth-order valence-electron chi connectivity index (χ4n) is 1.19. The second-order valence-corrected chi connectivity index (χ2v) is 4.03. The second kappa shape index (κ2) is 5.75. The number of nitrogens with zero attached hydrogens (tertiary/aromatic N) is 2. The number of hydrazine groups is 1. The maximum Gasteiger partial charge on any atom is 0.325 e. The molecule has 0 bridgehead atoms. The van der Waals surface area contributed by atoms with Crippen LogP contribution in [0.25, 0.3) is 0 Å². The Bertz CT molecular complexity index is 440. The van der Waals surface area contributed by atoms with Crippen molar-refractivity contribution >= 4 is 41.3 Å². The van der Waals surface area contributed by atoms with Crippen molar-refractivity contribution in [1.82, 2.24) is 5.01 Å². The minimum absolute atomic E-state index is 0.331. The highest BCUT2D eigenvalue weighted by molar-refractivity contribution is 6.42. The van der Waals surface area contributed by atoms with Gasteiger partial charge in [0.15, 0.2) is 0 Å². The Morgan fingerprint density at radius 1 is 1.41 bits per heavy atom. The van der Waals surface area contributed by atoms with E-state index in [0.717, 1.165) is 5.01 Å². The first-order valence-corrected chi connectivity index (χ1v) is 5.33. The molecule has 17 heavy (non-hydrogen) atoms. The van der Waals surface area contributed by atoms with E-state index in [-0.39, 0.29) is 0 Å². The van der Waals surface area contributed by atoms with Crippen LogP contribution in [0.1, 0.15) is 0 Å². The van der Waals surface area contributed by atoms with Crippen LogP contribution >= 0.6 is 23.2 Å². The molecule has 1 amide bonds. The molecule has 1 aromatic carbocycles. The van der Waals surface area contributed by atoms with E-state index < -0.39 is 12.5 Å². The van der Waals surface area contributed by atoms with Gasteiger partial charge in [0.25, 0.3) is 0 Å². The van der Waals surface area contributed by atoms with Gasteiger partial charge in [0.2, 0.25) is 6.41 Å². The van der Waals surface area contributed by atoms with Gasteiger partial charge in [-0.3, -0.25) is 14.6 Å². The van der Waals surface area contributed by atoms with Crippen LogP contribution in [0, 0.1) is 0 Å². The van der Waals surface area contributed by atoms with Crippen molar-refractivity contribution in [2.24, 2.45) is 0 Å². The van der Waals surface area contributed by atoms with Crippen LogP contribution in [0.4, 0.5) is 5.69 Å². The summed E-state index contributed by atoms with van der Waals surface area (Å²) in [5, 5.41) is 11.7. The van der Waals surface area contributed by atoms with Gasteiger partial charge in [-0.1, -0.05) is 23.2 Å². The first-order chi connectivity index (χ1) is 7.95. The summed E-state index contributed by atoms with van der Waals surface area (Å²) in [7, 11) is 1.55. The third-order valence-electron chi connectivity index (χ3n) is 2.08. The molecule has 0 aliphatic carbocycles. The van der Waals surface area contributed by atoms with Crippen LogP contribution in [0.5, 0.6) is 0 Å². The molecule has 0 unspecified atom stereocenters. The molecule has 92 valence electrons. The third kappa shape index (κ3) is 3.51. The number of rotatable bonds is 5. The number of amides is 1. The Kier molecular flexibility index (Phi) is 4.60. The van der Waals surface area contributed by atoms with Crippen molar-refractivity contribution in [2.75, 3.05) is 18.6 Å². The van der Waals surface area contributed by atoms with E-state index in [0.29, 0.717) is 22.1 Å². The van der Waals surface area contributed by atoms with Crippen LogP contribution in [-0.4, -0.2) is 36.1 Å². The second-order valence-electron chi connectivity index (χ2n) is 3.22. The van der Waals surface area contributed by atoms with Crippen molar-refractivity contribution in [3.63, 3.8) is 0 Å². The van der Waals surface area contributed by atoms with Gasteiger partial charge in [-0.25, -0.2) is 5.01 Å². The largest absolute Gasteiger partial charge is 0.480 e. The molecule has 0 aromatic heterocycles. The van der Waals surface area contributed by atoms with Gasteiger partial charge in [-0.05, 0) is 18.2 Å². The summed E-state index contributed by atoms with van der Waals surface area (Å²) in [5.74, 6) is -1.11. The average Bonchev–Trinajstić information content (AvgIpc) is 2.28. The molecule has 0 atom stereocenters. The van der Waals surface area contributed by atoms with Gasteiger partial charge in [-0.15, -0.1) is 0 Å².